The van der Waals surface area contributed by atoms with Crippen LogP contribution in [0.5, 0.6) is 0 Å². The number of ether oxygens (including phenoxy) is 1. The van der Waals surface area contributed by atoms with Crippen molar-refractivity contribution in [3.05, 3.63) is 41.7 Å². The van der Waals surface area contributed by atoms with E-state index in [9.17, 15) is 4.21 Å². The van der Waals surface area contributed by atoms with Crippen molar-refractivity contribution in [3.63, 3.8) is 0 Å². The van der Waals surface area contributed by atoms with Crippen molar-refractivity contribution in [2.75, 3.05) is 32.8 Å². The molecule has 1 atom stereocenters. The fourth-order valence-electron chi connectivity index (χ4n) is 2.80. The van der Waals surface area contributed by atoms with Crippen LogP contribution in [0.15, 0.2) is 35.4 Å². The van der Waals surface area contributed by atoms with Crippen LogP contribution in [-0.4, -0.2) is 57.0 Å². The van der Waals surface area contributed by atoms with Crippen LogP contribution in [0.3, 0.4) is 0 Å². The van der Waals surface area contributed by atoms with E-state index in [-0.39, 0.29) is 0 Å². The van der Waals surface area contributed by atoms with E-state index in [2.05, 4.69) is 41.2 Å². The van der Waals surface area contributed by atoms with Gasteiger partial charge in [0.15, 0.2) is 0 Å². The second kappa shape index (κ2) is 8.69. The van der Waals surface area contributed by atoms with Gasteiger partial charge in [-0.2, -0.15) is 0 Å². The highest BCUT2D eigenvalue weighted by Gasteiger charge is 2.12. The quantitative estimate of drug-likeness (QED) is 0.754. The monoisotopic (exact) mass is 362 g/mol. The summed E-state index contributed by atoms with van der Waals surface area (Å²) < 4.78 is 19.7. The molecule has 25 heavy (non-hydrogen) atoms. The van der Waals surface area contributed by atoms with Crippen molar-refractivity contribution < 1.29 is 8.95 Å². The first-order valence-electron chi connectivity index (χ1n) is 8.79. The third-order valence-corrected chi connectivity index (χ3v) is 5.78. The number of aromatic nitrogens is 3. The Kier molecular flexibility index (Phi) is 6.34. The van der Waals surface area contributed by atoms with Crippen LogP contribution in [-0.2, 0) is 27.8 Å². The molecule has 2 heterocycles. The molecule has 0 N–H and O–H groups in total. The highest BCUT2D eigenvalue weighted by Crippen LogP contribution is 2.17. The largest absolute Gasteiger partial charge is 0.379 e. The average Bonchev–Trinajstić information content (AvgIpc) is 3.08. The predicted octanol–water partition coefficient (Wildman–Crippen LogP) is 2.04. The summed E-state index contributed by atoms with van der Waals surface area (Å²) in [7, 11) is -1.09. The first-order chi connectivity index (χ1) is 12.1. The molecule has 0 radical (unpaired) electrons. The molecule has 1 unspecified atom stereocenters. The first-order valence-corrected chi connectivity index (χ1v) is 10.1. The van der Waals surface area contributed by atoms with Crippen LogP contribution < -0.4 is 0 Å². The fourth-order valence-corrected chi connectivity index (χ4v) is 3.81. The second-order valence-electron chi connectivity index (χ2n) is 6.64. The standard InChI is InChI=1S/C18H26N4O2S/c1-15(2)16-3-5-18(6-4-16)25(23)14-17-13-22(20-19-17)8-7-21-9-11-24-12-10-21/h3-6,13,15H,7-12,14H2,1-2H3. The molecule has 0 saturated carbocycles. The molecule has 1 saturated heterocycles. The van der Waals surface area contributed by atoms with Crippen LogP contribution in [0.1, 0.15) is 31.0 Å². The summed E-state index contributed by atoms with van der Waals surface area (Å²) in [6.07, 6.45) is 1.90. The summed E-state index contributed by atoms with van der Waals surface area (Å²) in [6.45, 7) is 9.58. The fraction of sp³-hybridized carbons (Fsp3) is 0.556. The van der Waals surface area contributed by atoms with Gasteiger partial charge < -0.3 is 4.74 Å². The number of nitrogens with zero attached hydrogens (tertiary/aromatic N) is 4. The molecule has 1 fully saturated rings. The van der Waals surface area contributed by atoms with E-state index in [1.54, 1.807) is 0 Å². The zero-order chi connectivity index (χ0) is 17.6. The van der Waals surface area contributed by atoms with Gasteiger partial charge in [-0.05, 0) is 23.6 Å². The lowest BCUT2D eigenvalue weighted by atomic mass is 10.0. The molecule has 6 nitrogen and oxygen atoms in total. The van der Waals surface area contributed by atoms with Crippen LogP contribution in [0.2, 0.25) is 0 Å². The van der Waals surface area contributed by atoms with Gasteiger partial charge in [0.1, 0.15) is 0 Å². The summed E-state index contributed by atoms with van der Waals surface area (Å²) in [4.78, 5) is 3.20. The van der Waals surface area contributed by atoms with Gasteiger partial charge in [0, 0.05) is 30.7 Å². The summed E-state index contributed by atoms with van der Waals surface area (Å²) >= 11 is 0. The maximum Gasteiger partial charge on any atom is 0.0955 e. The minimum Gasteiger partial charge on any atom is -0.379 e. The second-order valence-corrected chi connectivity index (χ2v) is 8.09. The van der Waals surface area contributed by atoms with Crippen molar-refractivity contribution in [2.45, 2.75) is 37.0 Å². The minimum absolute atomic E-state index is 0.401. The normalized spacial score (nSPS) is 17.1. The molecule has 0 amide bonds. The van der Waals surface area contributed by atoms with Crippen molar-refractivity contribution in [1.82, 2.24) is 19.9 Å². The lowest BCUT2D eigenvalue weighted by molar-refractivity contribution is 0.0359. The van der Waals surface area contributed by atoms with E-state index in [1.165, 1.54) is 5.56 Å². The molecule has 1 aliphatic rings. The van der Waals surface area contributed by atoms with Crippen LogP contribution in [0.25, 0.3) is 0 Å². The number of rotatable bonds is 7. The smallest absolute Gasteiger partial charge is 0.0955 e. The van der Waals surface area contributed by atoms with Crippen molar-refractivity contribution >= 4 is 10.8 Å². The Morgan fingerprint density at radius 2 is 1.88 bits per heavy atom. The van der Waals surface area contributed by atoms with Crippen LogP contribution in [0.4, 0.5) is 0 Å². The first kappa shape index (κ1) is 18.2. The van der Waals surface area contributed by atoms with E-state index in [4.69, 9.17) is 4.74 Å². The SMILES string of the molecule is CC(C)c1ccc(S(=O)Cc2cn(CCN3CCOCC3)nn2)cc1. The van der Waals surface area contributed by atoms with E-state index in [1.807, 2.05) is 23.0 Å². The molecule has 0 aliphatic carbocycles. The molecular weight excluding hydrogens is 336 g/mol. The lowest BCUT2D eigenvalue weighted by Gasteiger charge is -2.26. The highest BCUT2D eigenvalue weighted by atomic mass is 32.2. The molecule has 3 rings (SSSR count). The molecule has 1 aromatic carbocycles. The Balaban J connectivity index is 1.52. The Morgan fingerprint density at radius 1 is 1.16 bits per heavy atom. The van der Waals surface area contributed by atoms with E-state index >= 15 is 0 Å². The predicted molar refractivity (Wildman–Crippen MR) is 97.9 cm³/mol. The zero-order valence-electron chi connectivity index (χ0n) is 14.9. The number of hydrogen-bond donors (Lipinski definition) is 0. The summed E-state index contributed by atoms with van der Waals surface area (Å²) in [6, 6.07) is 8.01. The summed E-state index contributed by atoms with van der Waals surface area (Å²) in [5, 5.41) is 8.33. The third kappa shape index (κ3) is 5.20. The third-order valence-electron chi connectivity index (χ3n) is 4.42. The minimum atomic E-state index is -1.09. The molecule has 7 heteroatoms. The Labute approximate surface area is 151 Å². The van der Waals surface area contributed by atoms with Gasteiger partial charge in [-0.3, -0.25) is 13.8 Å². The van der Waals surface area contributed by atoms with Crippen LogP contribution in [0, 0.1) is 0 Å². The molecule has 136 valence electrons. The van der Waals surface area contributed by atoms with Crippen LogP contribution >= 0.6 is 0 Å². The van der Waals surface area contributed by atoms with Gasteiger partial charge in [-0.1, -0.05) is 31.2 Å². The number of benzene rings is 1. The van der Waals surface area contributed by atoms with Gasteiger partial charge in [0.2, 0.25) is 0 Å². The van der Waals surface area contributed by atoms with Gasteiger partial charge in [0.05, 0.1) is 42.0 Å². The van der Waals surface area contributed by atoms with E-state index < -0.39 is 10.8 Å². The maximum atomic E-state index is 12.5. The zero-order valence-corrected chi connectivity index (χ0v) is 15.7. The van der Waals surface area contributed by atoms with Gasteiger partial charge >= 0.3 is 0 Å². The summed E-state index contributed by atoms with van der Waals surface area (Å²) in [5.74, 6) is 0.882. The maximum absolute atomic E-state index is 12.5. The lowest BCUT2D eigenvalue weighted by Crippen LogP contribution is -2.38. The van der Waals surface area contributed by atoms with Crippen molar-refractivity contribution in [1.29, 1.82) is 0 Å². The summed E-state index contributed by atoms with van der Waals surface area (Å²) in [5.41, 5.74) is 2.03. The van der Waals surface area contributed by atoms with Crippen molar-refractivity contribution in [2.24, 2.45) is 0 Å². The molecule has 2 aromatic rings. The van der Waals surface area contributed by atoms with Crippen molar-refractivity contribution in [3.8, 4) is 0 Å². The Hall–Kier alpha value is -1.57. The number of hydrogen-bond acceptors (Lipinski definition) is 5. The Morgan fingerprint density at radius 3 is 2.56 bits per heavy atom. The molecule has 0 bridgehead atoms. The van der Waals surface area contributed by atoms with Gasteiger partial charge in [-0.15, -0.1) is 5.10 Å². The molecule has 0 spiro atoms. The topological polar surface area (TPSA) is 60.2 Å². The van der Waals surface area contributed by atoms with E-state index in [0.717, 1.165) is 50.0 Å². The average molecular weight is 362 g/mol. The Bertz CT molecular complexity index is 693. The molecular formula is C18H26N4O2S. The van der Waals surface area contributed by atoms with Gasteiger partial charge in [-0.25, -0.2) is 0 Å². The molecule has 1 aromatic heterocycles. The van der Waals surface area contributed by atoms with E-state index in [0.29, 0.717) is 11.7 Å². The number of morpholine rings is 1. The van der Waals surface area contributed by atoms with Gasteiger partial charge in [0.25, 0.3) is 0 Å². The molecule has 1 aliphatic heterocycles. The highest BCUT2D eigenvalue weighted by molar-refractivity contribution is 7.84.